The maximum atomic E-state index is 13.4. The Morgan fingerprint density at radius 3 is 1.74 bits per heavy atom. The second-order valence-corrected chi connectivity index (χ2v) is 6.88. The number of benzene rings is 3. The van der Waals surface area contributed by atoms with Crippen LogP contribution >= 0.6 is 0 Å². The third kappa shape index (κ3) is 3.85. The van der Waals surface area contributed by atoms with Gasteiger partial charge in [-0.1, -0.05) is 97.1 Å². The summed E-state index contributed by atoms with van der Waals surface area (Å²) in [5.74, 6) is -0.0742. The van der Waals surface area contributed by atoms with Crippen molar-refractivity contribution in [3.05, 3.63) is 114 Å². The van der Waals surface area contributed by atoms with Gasteiger partial charge in [-0.15, -0.1) is 0 Å². The summed E-state index contributed by atoms with van der Waals surface area (Å²) in [6, 6.07) is 30.6. The summed E-state index contributed by atoms with van der Waals surface area (Å²) in [7, 11) is 0. The predicted octanol–water partition coefficient (Wildman–Crippen LogP) is 5.13. The number of rotatable bonds is 4. The highest BCUT2D eigenvalue weighted by Crippen LogP contribution is 2.29. The van der Waals surface area contributed by atoms with Gasteiger partial charge in [0.1, 0.15) is 0 Å². The van der Waals surface area contributed by atoms with Crippen molar-refractivity contribution in [1.29, 1.82) is 0 Å². The van der Waals surface area contributed by atoms with Crippen LogP contribution in [0.5, 0.6) is 0 Å². The fourth-order valence-electron chi connectivity index (χ4n) is 3.73. The molecule has 0 radical (unpaired) electrons. The first kappa shape index (κ1) is 17.3. The largest absolute Gasteiger partial charge is 0.338 e. The lowest BCUT2D eigenvalue weighted by molar-refractivity contribution is -0.131. The van der Waals surface area contributed by atoms with Gasteiger partial charge in [0.2, 0.25) is 5.91 Å². The molecule has 0 saturated carbocycles. The molecule has 0 atom stereocenters. The lowest BCUT2D eigenvalue weighted by Crippen LogP contribution is -2.38. The minimum atomic E-state index is -0.251. The van der Waals surface area contributed by atoms with E-state index in [0.29, 0.717) is 6.54 Å². The summed E-state index contributed by atoms with van der Waals surface area (Å²) in [4.78, 5) is 15.4. The van der Waals surface area contributed by atoms with Gasteiger partial charge in [0.05, 0.1) is 5.92 Å². The fourth-order valence-corrected chi connectivity index (χ4v) is 3.73. The quantitative estimate of drug-likeness (QED) is 0.636. The van der Waals surface area contributed by atoms with Crippen LogP contribution < -0.4 is 0 Å². The molecule has 0 aromatic heterocycles. The van der Waals surface area contributed by atoms with Gasteiger partial charge in [-0.25, -0.2) is 0 Å². The highest BCUT2D eigenvalue weighted by Gasteiger charge is 2.28. The standard InChI is InChI=1S/C25H23NO/c27-25(26-18-16-21(17-19-26)20-10-4-1-5-11-20)24(22-12-6-2-7-13-22)23-14-8-3-9-15-23/h1-16,24H,17-19H2. The molecular weight excluding hydrogens is 330 g/mol. The predicted molar refractivity (Wildman–Crippen MR) is 110 cm³/mol. The van der Waals surface area contributed by atoms with Gasteiger partial charge in [0, 0.05) is 13.1 Å². The van der Waals surface area contributed by atoms with Crippen LogP contribution in [-0.4, -0.2) is 23.9 Å². The van der Waals surface area contributed by atoms with Crippen molar-refractivity contribution >= 4 is 11.5 Å². The zero-order valence-corrected chi connectivity index (χ0v) is 15.3. The van der Waals surface area contributed by atoms with Crippen molar-refractivity contribution in [2.75, 3.05) is 13.1 Å². The van der Waals surface area contributed by atoms with Crippen LogP contribution in [0.1, 0.15) is 29.0 Å². The second-order valence-electron chi connectivity index (χ2n) is 6.88. The van der Waals surface area contributed by atoms with Crippen LogP contribution in [0, 0.1) is 0 Å². The van der Waals surface area contributed by atoms with Crippen molar-refractivity contribution in [2.45, 2.75) is 12.3 Å². The third-order valence-corrected chi connectivity index (χ3v) is 5.18. The van der Waals surface area contributed by atoms with Gasteiger partial charge in [-0.3, -0.25) is 4.79 Å². The number of carbonyl (C=O) groups is 1. The number of hydrogen-bond acceptors (Lipinski definition) is 1. The molecule has 0 bridgehead atoms. The highest BCUT2D eigenvalue weighted by molar-refractivity contribution is 5.88. The van der Waals surface area contributed by atoms with E-state index in [0.717, 1.165) is 24.1 Å². The maximum absolute atomic E-state index is 13.4. The molecule has 27 heavy (non-hydrogen) atoms. The molecule has 0 fully saturated rings. The van der Waals surface area contributed by atoms with Crippen LogP contribution in [0.4, 0.5) is 0 Å². The molecule has 2 nitrogen and oxygen atoms in total. The minimum Gasteiger partial charge on any atom is -0.338 e. The molecule has 2 heteroatoms. The average molecular weight is 353 g/mol. The summed E-state index contributed by atoms with van der Waals surface area (Å²) < 4.78 is 0. The molecule has 1 heterocycles. The molecular formula is C25H23NO. The Morgan fingerprint density at radius 2 is 1.26 bits per heavy atom. The molecule has 0 spiro atoms. The highest BCUT2D eigenvalue weighted by atomic mass is 16.2. The van der Waals surface area contributed by atoms with E-state index in [-0.39, 0.29) is 11.8 Å². The average Bonchev–Trinajstić information content (AvgIpc) is 2.76. The lowest BCUT2D eigenvalue weighted by Gasteiger charge is -2.30. The van der Waals surface area contributed by atoms with Crippen LogP contribution in [0.15, 0.2) is 97.1 Å². The zero-order valence-electron chi connectivity index (χ0n) is 15.3. The van der Waals surface area contributed by atoms with E-state index in [1.807, 2.05) is 71.6 Å². The van der Waals surface area contributed by atoms with Gasteiger partial charge in [0.25, 0.3) is 0 Å². The van der Waals surface area contributed by atoms with Gasteiger partial charge in [-0.05, 0) is 28.7 Å². The molecule has 4 rings (SSSR count). The van der Waals surface area contributed by atoms with Crippen LogP contribution in [0.3, 0.4) is 0 Å². The monoisotopic (exact) mass is 353 g/mol. The first-order valence-corrected chi connectivity index (χ1v) is 9.46. The second kappa shape index (κ2) is 8.05. The molecule has 0 unspecified atom stereocenters. The van der Waals surface area contributed by atoms with Crippen molar-refractivity contribution in [1.82, 2.24) is 4.90 Å². The fraction of sp³-hybridized carbons (Fsp3) is 0.160. The summed E-state index contributed by atoms with van der Waals surface area (Å²) in [6.07, 6.45) is 3.09. The minimum absolute atomic E-state index is 0.177. The van der Waals surface area contributed by atoms with Gasteiger partial charge in [0.15, 0.2) is 0 Å². The van der Waals surface area contributed by atoms with Crippen LogP contribution in [-0.2, 0) is 4.79 Å². The molecule has 1 aliphatic rings. The zero-order chi connectivity index (χ0) is 18.5. The Kier molecular flexibility index (Phi) is 5.15. The van der Waals surface area contributed by atoms with Crippen molar-refractivity contribution < 1.29 is 4.79 Å². The summed E-state index contributed by atoms with van der Waals surface area (Å²) in [5, 5.41) is 0. The Labute approximate surface area is 160 Å². The maximum Gasteiger partial charge on any atom is 0.234 e. The van der Waals surface area contributed by atoms with Crippen molar-refractivity contribution in [3.8, 4) is 0 Å². The summed E-state index contributed by atoms with van der Waals surface area (Å²) >= 11 is 0. The molecule has 0 saturated heterocycles. The van der Waals surface area contributed by atoms with E-state index in [9.17, 15) is 4.79 Å². The molecule has 1 aliphatic heterocycles. The van der Waals surface area contributed by atoms with E-state index in [1.54, 1.807) is 0 Å². The van der Waals surface area contributed by atoms with Crippen molar-refractivity contribution in [2.24, 2.45) is 0 Å². The first-order chi connectivity index (χ1) is 13.3. The topological polar surface area (TPSA) is 20.3 Å². The number of carbonyl (C=O) groups excluding carboxylic acids is 1. The van der Waals surface area contributed by atoms with Gasteiger partial charge in [-0.2, -0.15) is 0 Å². The smallest absolute Gasteiger partial charge is 0.234 e. The van der Waals surface area contributed by atoms with Crippen LogP contribution in [0.2, 0.25) is 0 Å². The molecule has 134 valence electrons. The summed E-state index contributed by atoms with van der Waals surface area (Å²) in [5.41, 5.74) is 4.68. The molecule has 0 N–H and O–H groups in total. The molecule has 0 aliphatic carbocycles. The first-order valence-electron chi connectivity index (χ1n) is 9.46. The van der Waals surface area contributed by atoms with Gasteiger partial charge < -0.3 is 4.90 Å². The Hall–Kier alpha value is -3.13. The number of amides is 1. The third-order valence-electron chi connectivity index (χ3n) is 5.18. The normalized spacial score (nSPS) is 14.1. The van der Waals surface area contributed by atoms with E-state index < -0.39 is 0 Å². The molecule has 3 aromatic rings. The summed E-state index contributed by atoms with van der Waals surface area (Å²) in [6.45, 7) is 1.43. The molecule has 1 amide bonds. The van der Waals surface area contributed by atoms with Gasteiger partial charge >= 0.3 is 0 Å². The Bertz CT molecular complexity index is 877. The van der Waals surface area contributed by atoms with Crippen molar-refractivity contribution in [3.63, 3.8) is 0 Å². The van der Waals surface area contributed by atoms with E-state index in [4.69, 9.17) is 0 Å². The molecule has 3 aromatic carbocycles. The Morgan fingerprint density at radius 1 is 0.741 bits per heavy atom. The number of hydrogen-bond donors (Lipinski definition) is 0. The SMILES string of the molecule is O=C(C(c1ccccc1)c1ccccc1)N1CC=C(c2ccccc2)CC1. The van der Waals surface area contributed by atoms with E-state index in [1.165, 1.54) is 11.1 Å². The lowest BCUT2D eigenvalue weighted by atomic mass is 9.89. The van der Waals surface area contributed by atoms with E-state index >= 15 is 0 Å². The van der Waals surface area contributed by atoms with Crippen LogP contribution in [0.25, 0.3) is 5.57 Å². The Balaban J connectivity index is 1.59. The number of nitrogens with zero attached hydrogens (tertiary/aromatic N) is 1. The van der Waals surface area contributed by atoms with E-state index in [2.05, 4.69) is 30.3 Å².